The molecule has 0 saturated carbocycles. The number of aliphatic hydroxyl groups excluding tert-OH is 3. The van der Waals surface area contributed by atoms with Gasteiger partial charge in [-0.15, -0.1) is 0 Å². The fourth-order valence-electron chi connectivity index (χ4n) is 2.64. The summed E-state index contributed by atoms with van der Waals surface area (Å²) in [5.41, 5.74) is 0.727. The molecule has 0 heterocycles. The van der Waals surface area contributed by atoms with E-state index in [9.17, 15) is 20.1 Å². The summed E-state index contributed by atoms with van der Waals surface area (Å²) in [6.45, 7) is -0.757. The monoisotopic (exact) mass is 392 g/mol. The first-order valence-electron chi connectivity index (χ1n) is 8.59. The number of methoxy groups -OCH3 is 2. The Bertz CT molecular complexity index is 805. The van der Waals surface area contributed by atoms with Gasteiger partial charge in [0.25, 0.3) is 0 Å². The minimum Gasteiger partial charge on any atom is -0.504 e. The fraction of sp³-hybridized carbons (Fsp3) is 0.350. The molecule has 2 atom stereocenters. The molecule has 2 aromatic carbocycles. The minimum atomic E-state index is -1.22. The second-order valence-corrected chi connectivity index (χ2v) is 5.98. The Kier molecular flexibility index (Phi) is 7.62. The van der Waals surface area contributed by atoms with Gasteiger partial charge in [-0.2, -0.15) is 0 Å². The molecule has 0 unspecified atom stereocenters. The molecule has 0 aliphatic heterocycles. The summed E-state index contributed by atoms with van der Waals surface area (Å²) < 4.78 is 16.0. The fourth-order valence-corrected chi connectivity index (χ4v) is 2.64. The number of Topliss-reactive ketones (excluding diaryl/α,β-unsaturated/α-hetero) is 1. The Hall–Kier alpha value is -2.81. The van der Waals surface area contributed by atoms with Crippen LogP contribution in [0, 0.1) is 0 Å². The van der Waals surface area contributed by atoms with Gasteiger partial charge in [0, 0.05) is 12.0 Å². The number of rotatable bonds is 10. The molecule has 28 heavy (non-hydrogen) atoms. The van der Waals surface area contributed by atoms with Gasteiger partial charge in [0.2, 0.25) is 0 Å². The topological polar surface area (TPSA) is 126 Å². The van der Waals surface area contributed by atoms with Crippen molar-refractivity contribution in [3.05, 3.63) is 47.5 Å². The lowest BCUT2D eigenvalue weighted by Gasteiger charge is -2.24. The highest BCUT2D eigenvalue weighted by Gasteiger charge is 2.25. The quantitative estimate of drug-likeness (QED) is 0.448. The third-order valence-electron chi connectivity index (χ3n) is 4.18. The molecular weight excluding hydrogens is 368 g/mol. The predicted molar refractivity (Wildman–Crippen MR) is 100 cm³/mol. The second-order valence-electron chi connectivity index (χ2n) is 5.98. The van der Waals surface area contributed by atoms with Gasteiger partial charge in [0.1, 0.15) is 6.10 Å². The first-order valence-corrected chi connectivity index (χ1v) is 8.59. The highest BCUT2D eigenvalue weighted by Crippen LogP contribution is 2.34. The average Bonchev–Trinajstić information content (AvgIpc) is 2.72. The number of phenols is 1. The van der Waals surface area contributed by atoms with Crippen LogP contribution in [-0.2, 0) is 0 Å². The van der Waals surface area contributed by atoms with E-state index in [-0.39, 0.29) is 41.8 Å². The highest BCUT2D eigenvalue weighted by atomic mass is 16.5. The zero-order chi connectivity index (χ0) is 20.7. The molecule has 8 heteroatoms. The summed E-state index contributed by atoms with van der Waals surface area (Å²) >= 11 is 0. The Balaban J connectivity index is 2.25. The van der Waals surface area contributed by atoms with Crippen LogP contribution in [0.5, 0.6) is 23.0 Å². The number of hydrogen-bond acceptors (Lipinski definition) is 8. The molecule has 0 aliphatic carbocycles. The Morgan fingerprint density at radius 2 is 1.71 bits per heavy atom. The molecule has 0 aliphatic rings. The van der Waals surface area contributed by atoms with Crippen molar-refractivity contribution >= 4 is 5.78 Å². The molecule has 0 radical (unpaired) electrons. The van der Waals surface area contributed by atoms with Crippen molar-refractivity contribution in [1.29, 1.82) is 0 Å². The predicted octanol–water partition coefficient (Wildman–Crippen LogP) is 1.45. The number of benzene rings is 2. The van der Waals surface area contributed by atoms with Crippen LogP contribution in [-0.4, -0.2) is 59.7 Å². The van der Waals surface area contributed by atoms with E-state index >= 15 is 0 Å². The van der Waals surface area contributed by atoms with E-state index in [0.29, 0.717) is 11.1 Å². The van der Waals surface area contributed by atoms with E-state index in [1.165, 1.54) is 50.6 Å². The zero-order valence-electron chi connectivity index (χ0n) is 15.7. The van der Waals surface area contributed by atoms with Gasteiger partial charge in [-0.05, 0) is 35.9 Å². The van der Waals surface area contributed by atoms with Gasteiger partial charge in [0.05, 0.1) is 27.4 Å². The van der Waals surface area contributed by atoms with Crippen LogP contribution in [0.3, 0.4) is 0 Å². The third kappa shape index (κ3) is 4.92. The van der Waals surface area contributed by atoms with Crippen molar-refractivity contribution in [2.75, 3.05) is 27.4 Å². The summed E-state index contributed by atoms with van der Waals surface area (Å²) in [7, 11) is 2.79. The molecule has 0 amide bonds. The Labute approximate surface area is 162 Å². The molecule has 152 valence electrons. The van der Waals surface area contributed by atoms with Gasteiger partial charge >= 0.3 is 0 Å². The van der Waals surface area contributed by atoms with Gasteiger partial charge in [0.15, 0.2) is 34.9 Å². The smallest absolute Gasteiger partial charge is 0.165 e. The van der Waals surface area contributed by atoms with Crippen LogP contribution in [0.25, 0.3) is 0 Å². The summed E-state index contributed by atoms with van der Waals surface area (Å²) in [5, 5.41) is 38.8. The zero-order valence-corrected chi connectivity index (χ0v) is 15.7. The van der Waals surface area contributed by atoms with Gasteiger partial charge < -0.3 is 34.6 Å². The molecule has 0 spiro atoms. The van der Waals surface area contributed by atoms with E-state index in [1.807, 2.05) is 0 Å². The van der Waals surface area contributed by atoms with Gasteiger partial charge in [-0.25, -0.2) is 0 Å². The largest absolute Gasteiger partial charge is 0.504 e. The van der Waals surface area contributed by atoms with E-state index in [2.05, 4.69) is 0 Å². The minimum absolute atomic E-state index is 0.00990. The third-order valence-corrected chi connectivity index (χ3v) is 4.18. The van der Waals surface area contributed by atoms with Crippen molar-refractivity contribution in [2.24, 2.45) is 0 Å². The molecule has 2 aromatic rings. The summed E-state index contributed by atoms with van der Waals surface area (Å²) in [6, 6.07) is 8.78. The number of carbonyl (C=O) groups excluding carboxylic acids is 1. The number of ketones is 1. The van der Waals surface area contributed by atoms with Crippen LogP contribution >= 0.6 is 0 Å². The lowest BCUT2D eigenvalue weighted by Crippen LogP contribution is -2.29. The lowest BCUT2D eigenvalue weighted by atomic mass is 10.0. The summed E-state index contributed by atoms with van der Waals surface area (Å²) in [4.78, 5) is 11.9. The van der Waals surface area contributed by atoms with Crippen LogP contribution in [0.2, 0.25) is 0 Å². The van der Waals surface area contributed by atoms with Crippen LogP contribution in [0.1, 0.15) is 28.4 Å². The SMILES string of the molecule is COc1cc([C@H](O)[C@H](CO)Oc2ccc(C(=O)CCO)cc2OC)ccc1O. The summed E-state index contributed by atoms with van der Waals surface area (Å²) in [5.74, 6) is 0.328. The standard InChI is InChI=1S/C20H24O8/c1-26-17-10-13(3-5-15(17)24)20(25)19(11-22)28-16-6-4-12(9-18(16)27-2)14(23)7-8-21/h3-6,9-10,19-22,24-25H,7-8,11H2,1-2H3/t19-,20-/m0/s1. The molecule has 0 saturated heterocycles. The molecule has 0 bridgehead atoms. The van der Waals surface area contributed by atoms with Crippen molar-refractivity contribution < 1.29 is 39.4 Å². The van der Waals surface area contributed by atoms with E-state index in [1.54, 1.807) is 0 Å². The lowest BCUT2D eigenvalue weighted by molar-refractivity contribution is -0.000528. The Morgan fingerprint density at radius 3 is 2.32 bits per heavy atom. The normalized spacial score (nSPS) is 12.9. The van der Waals surface area contributed by atoms with Crippen LogP contribution in [0.4, 0.5) is 0 Å². The van der Waals surface area contributed by atoms with Crippen LogP contribution < -0.4 is 14.2 Å². The van der Waals surface area contributed by atoms with Gasteiger partial charge in [-0.1, -0.05) is 6.07 Å². The van der Waals surface area contributed by atoms with Crippen LogP contribution in [0.15, 0.2) is 36.4 Å². The van der Waals surface area contributed by atoms with Crippen molar-refractivity contribution in [2.45, 2.75) is 18.6 Å². The molecule has 0 fully saturated rings. The summed E-state index contributed by atoms with van der Waals surface area (Å²) in [6.07, 6.45) is -2.27. The number of hydrogen-bond donors (Lipinski definition) is 4. The van der Waals surface area contributed by atoms with Crippen molar-refractivity contribution in [3.8, 4) is 23.0 Å². The maximum Gasteiger partial charge on any atom is 0.165 e. The maximum atomic E-state index is 11.9. The highest BCUT2D eigenvalue weighted by molar-refractivity contribution is 5.96. The first-order chi connectivity index (χ1) is 13.4. The number of aromatic hydroxyl groups is 1. The number of aliphatic hydroxyl groups is 3. The molecule has 4 N–H and O–H groups in total. The number of ether oxygens (including phenoxy) is 3. The average molecular weight is 392 g/mol. The van der Waals surface area contributed by atoms with Crippen molar-refractivity contribution in [3.63, 3.8) is 0 Å². The van der Waals surface area contributed by atoms with Gasteiger partial charge in [-0.3, -0.25) is 4.79 Å². The van der Waals surface area contributed by atoms with Crippen molar-refractivity contribution in [1.82, 2.24) is 0 Å². The molecule has 8 nitrogen and oxygen atoms in total. The second kappa shape index (κ2) is 9.93. The Morgan fingerprint density at radius 1 is 1.00 bits per heavy atom. The number of phenolic OH excluding ortho intramolecular Hbond substituents is 1. The first kappa shape index (κ1) is 21.5. The van der Waals surface area contributed by atoms with E-state index < -0.39 is 18.8 Å². The maximum absolute atomic E-state index is 11.9. The molecule has 2 rings (SSSR count). The van der Waals surface area contributed by atoms with E-state index in [0.717, 1.165) is 0 Å². The van der Waals surface area contributed by atoms with E-state index in [4.69, 9.17) is 19.3 Å². The number of carbonyl (C=O) groups is 1. The molecular formula is C20H24O8. The molecule has 0 aromatic heterocycles.